The van der Waals surface area contributed by atoms with E-state index in [1.807, 2.05) is 6.08 Å². The summed E-state index contributed by atoms with van der Waals surface area (Å²) in [6.45, 7) is 4.06. The quantitative estimate of drug-likeness (QED) is 0.273. The van der Waals surface area contributed by atoms with E-state index < -0.39 is 5.97 Å². The number of hydrogen-bond donors (Lipinski definition) is 2. The second kappa shape index (κ2) is 11.2. The fourth-order valence-corrected chi connectivity index (χ4v) is 3.76. The van der Waals surface area contributed by atoms with E-state index >= 15 is 0 Å². The molecule has 1 aliphatic rings. The molecule has 1 fully saturated rings. The molecule has 6 nitrogen and oxygen atoms in total. The van der Waals surface area contributed by atoms with E-state index in [1.54, 1.807) is 48.5 Å². The van der Waals surface area contributed by atoms with Crippen LogP contribution in [-0.4, -0.2) is 24.6 Å². The molecule has 0 atom stereocenters. The summed E-state index contributed by atoms with van der Waals surface area (Å²) in [4.78, 5) is 24.3. The molecule has 0 spiro atoms. The number of esters is 2. The van der Waals surface area contributed by atoms with Crippen LogP contribution in [0, 0.1) is 5.92 Å². The van der Waals surface area contributed by atoms with Gasteiger partial charge in [-0.25, -0.2) is 9.59 Å². The van der Waals surface area contributed by atoms with Crippen LogP contribution in [0.2, 0.25) is 0 Å². The molecule has 2 aromatic rings. The Morgan fingerprint density at radius 1 is 1.00 bits per heavy atom. The van der Waals surface area contributed by atoms with Crippen LogP contribution in [0.5, 0.6) is 0 Å². The molecule has 0 bridgehead atoms. The number of benzene rings is 2. The van der Waals surface area contributed by atoms with Gasteiger partial charge in [-0.3, -0.25) is 0 Å². The molecule has 0 amide bonds. The van der Waals surface area contributed by atoms with E-state index in [4.69, 9.17) is 20.9 Å². The lowest BCUT2D eigenvalue weighted by molar-refractivity contribution is -0.137. The molecule has 0 unspecified atom stereocenters. The smallest absolute Gasteiger partial charge is 0.338 e. The Bertz CT molecular complexity index is 954. The predicted molar refractivity (Wildman–Crippen MR) is 127 cm³/mol. The Balaban J connectivity index is 1.43. The molecule has 0 saturated heterocycles. The Labute approximate surface area is 188 Å². The number of ether oxygens (including phenoxy) is 2. The largest absolute Gasteiger partial charge is 0.462 e. The van der Waals surface area contributed by atoms with Gasteiger partial charge >= 0.3 is 11.9 Å². The van der Waals surface area contributed by atoms with Crippen LogP contribution in [0.3, 0.4) is 0 Å². The van der Waals surface area contributed by atoms with E-state index in [2.05, 4.69) is 6.58 Å². The minimum atomic E-state index is -0.444. The van der Waals surface area contributed by atoms with Gasteiger partial charge in [-0.05, 0) is 79.1 Å². The van der Waals surface area contributed by atoms with Gasteiger partial charge in [0.15, 0.2) is 0 Å². The first-order valence-electron chi connectivity index (χ1n) is 10.9. The second-order valence-corrected chi connectivity index (χ2v) is 8.06. The monoisotopic (exact) mass is 434 g/mol. The van der Waals surface area contributed by atoms with Crippen molar-refractivity contribution in [2.24, 2.45) is 5.92 Å². The van der Waals surface area contributed by atoms with Crippen LogP contribution >= 0.6 is 0 Å². The minimum absolute atomic E-state index is 0.0307. The molecule has 6 heteroatoms. The van der Waals surface area contributed by atoms with Crippen molar-refractivity contribution in [2.75, 3.05) is 18.1 Å². The average Bonchev–Trinajstić information content (AvgIpc) is 2.78. The molecule has 168 valence electrons. The molecular weight excluding hydrogens is 404 g/mol. The molecule has 0 aromatic heterocycles. The highest BCUT2D eigenvalue weighted by atomic mass is 16.5. The van der Waals surface area contributed by atoms with Gasteiger partial charge in [0.2, 0.25) is 0 Å². The zero-order valence-corrected chi connectivity index (χ0v) is 18.2. The minimum Gasteiger partial charge on any atom is -0.462 e. The fraction of sp³-hybridized carbons (Fsp3) is 0.308. The number of hydrogen-bond acceptors (Lipinski definition) is 6. The molecule has 4 N–H and O–H groups in total. The van der Waals surface area contributed by atoms with Gasteiger partial charge in [0.05, 0.1) is 12.2 Å². The van der Waals surface area contributed by atoms with Crippen molar-refractivity contribution in [1.82, 2.24) is 0 Å². The first-order valence-corrected chi connectivity index (χ1v) is 10.9. The van der Waals surface area contributed by atoms with Crippen molar-refractivity contribution < 1.29 is 19.1 Å². The SMILES string of the molecule is C=CC1CCC(OC(=O)c2ccc(/C=C/C(=O)OCCc3cc(N)cc(N)c3)cc2)CC1. The van der Waals surface area contributed by atoms with Gasteiger partial charge < -0.3 is 20.9 Å². The van der Waals surface area contributed by atoms with Crippen molar-refractivity contribution in [3.8, 4) is 0 Å². The molecule has 0 radical (unpaired) electrons. The zero-order valence-electron chi connectivity index (χ0n) is 18.2. The number of carbonyl (C=O) groups is 2. The van der Waals surface area contributed by atoms with Crippen molar-refractivity contribution in [1.29, 1.82) is 0 Å². The molecule has 1 aliphatic carbocycles. The highest BCUT2D eigenvalue weighted by molar-refractivity contribution is 5.90. The normalized spacial score (nSPS) is 18.2. The third-order valence-corrected chi connectivity index (χ3v) is 5.56. The summed E-state index contributed by atoms with van der Waals surface area (Å²) in [5.41, 5.74) is 14.9. The van der Waals surface area contributed by atoms with Crippen LogP contribution < -0.4 is 11.5 Å². The van der Waals surface area contributed by atoms with Gasteiger partial charge in [-0.15, -0.1) is 6.58 Å². The van der Waals surface area contributed by atoms with Crippen molar-refractivity contribution in [3.05, 3.63) is 77.9 Å². The number of anilines is 2. The lowest BCUT2D eigenvalue weighted by Gasteiger charge is -2.26. The van der Waals surface area contributed by atoms with Crippen molar-refractivity contribution in [3.63, 3.8) is 0 Å². The van der Waals surface area contributed by atoms with Gasteiger partial charge in [0, 0.05) is 23.9 Å². The Hall–Kier alpha value is -3.54. The summed E-state index contributed by atoms with van der Waals surface area (Å²) in [5, 5.41) is 0. The number of carbonyl (C=O) groups excluding carboxylic acids is 2. The maximum Gasteiger partial charge on any atom is 0.338 e. The second-order valence-electron chi connectivity index (χ2n) is 8.06. The van der Waals surface area contributed by atoms with Crippen LogP contribution in [0.25, 0.3) is 6.08 Å². The highest BCUT2D eigenvalue weighted by Crippen LogP contribution is 2.27. The zero-order chi connectivity index (χ0) is 22.9. The third-order valence-electron chi connectivity index (χ3n) is 5.56. The first-order chi connectivity index (χ1) is 15.4. The topological polar surface area (TPSA) is 105 Å². The van der Waals surface area contributed by atoms with Gasteiger partial charge in [0.25, 0.3) is 0 Å². The van der Waals surface area contributed by atoms with Crippen molar-refractivity contribution in [2.45, 2.75) is 38.2 Å². The number of nitrogens with two attached hydrogens (primary N) is 2. The van der Waals surface area contributed by atoms with Crippen LogP contribution in [0.15, 0.2) is 61.2 Å². The van der Waals surface area contributed by atoms with Crippen molar-refractivity contribution >= 4 is 29.4 Å². The molecule has 2 aromatic carbocycles. The Kier molecular flexibility index (Phi) is 8.08. The van der Waals surface area contributed by atoms with Gasteiger partial charge in [-0.2, -0.15) is 0 Å². The lowest BCUT2D eigenvalue weighted by atomic mass is 9.87. The number of allylic oxidation sites excluding steroid dienone is 1. The van der Waals surface area contributed by atoms with Crippen LogP contribution in [0.4, 0.5) is 11.4 Å². The molecule has 0 aliphatic heterocycles. The van der Waals surface area contributed by atoms with Gasteiger partial charge in [0.1, 0.15) is 6.10 Å². The molecular formula is C26H30N2O4. The third kappa shape index (κ3) is 7.01. The maximum absolute atomic E-state index is 12.4. The molecule has 1 saturated carbocycles. The number of nitrogen functional groups attached to an aromatic ring is 2. The summed E-state index contributed by atoms with van der Waals surface area (Å²) >= 11 is 0. The van der Waals surface area contributed by atoms with E-state index in [0.717, 1.165) is 36.8 Å². The lowest BCUT2D eigenvalue weighted by Crippen LogP contribution is -2.23. The average molecular weight is 435 g/mol. The highest BCUT2D eigenvalue weighted by Gasteiger charge is 2.22. The standard InChI is InChI=1S/C26H30N2O4/c1-2-18-5-10-24(11-6-18)32-26(30)21-8-3-19(4-9-21)7-12-25(29)31-14-13-20-15-22(27)17-23(28)16-20/h2-4,7-9,12,15-18,24H,1,5-6,10-11,13-14,27-28H2/b12-7+. The van der Waals surface area contributed by atoms with E-state index in [0.29, 0.717) is 29.3 Å². The molecule has 3 rings (SSSR count). The summed E-state index contributed by atoms with van der Waals surface area (Å²) in [6.07, 6.45) is 9.25. The van der Waals surface area contributed by atoms with E-state index in [9.17, 15) is 9.59 Å². The van der Waals surface area contributed by atoms with Gasteiger partial charge in [-0.1, -0.05) is 18.2 Å². The van der Waals surface area contributed by atoms with E-state index in [1.165, 1.54) is 6.08 Å². The molecule has 32 heavy (non-hydrogen) atoms. The fourth-order valence-electron chi connectivity index (χ4n) is 3.76. The first kappa shape index (κ1) is 23.1. The summed E-state index contributed by atoms with van der Waals surface area (Å²) in [5.74, 6) is -0.233. The maximum atomic E-state index is 12.4. The Morgan fingerprint density at radius 3 is 2.28 bits per heavy atom. The summed E-state index contributed by atoms with van der Waals surface area (Å²) in [7, 11) is 0. The van der Waals surface area contributed by atoms with E-state index in [-0.39, 0.29) is 18.7 Å². The predicted octanol–water partition coefficient (Wildman–Crippen LogP) is 4.55. The summed E-state index contributed by atoms with van der Waals surface area (Å²) in [6, 6.07) is 12.2. The molecule has 0 heterocycles. The summed E-state index contributed by atoms with van der Waals surface area (Å²) < 4.78 is 10.8. The van der Waals surface area contributed by atoms with Crippen LogP contribution in [-0.2, 0) is 20.7 Å². The van der Waals surface area contributed by atoms with Crippen LogP contribution in [0.1, 0.15) is 47.2 Å². The number of rotatable bonds is 8. The Morgan fingerprint density at radius 2 is 1.66 bits per heavy atom.